The van der Waals surface area contributed by atoms with E-state index in [9.17, 15) is 10.2 Å². The van der Waals surface area contributed by atoms with Crippen molar-refractivity contribution in [3.05, 3.63) is 0 Å². The van der Waals surface area contributed by atoms with E-state index in [1.54, 1.807) is 0 Å². The summed E-state index contributed by atoms with van der Waals surface area (Å²) in [7, 11) is 0. The molecule has 0 spiro atoms. The van der Waals surface area contributed by atoms with Gasteiger partial charge in [-0.05, 0) is 45.2 Å². The van der Waals surface area contributed by atoms with Crippen molar-refractivity contribution in [2.75, 3.05) is 32.7 Å². The molecule has 1 aliphatic carbocycles. The number of aliphatic hydroxyl groups excluding tert-OH is 1. The highest BCUT2D eigenvalue weighted by molar-refractivity contribution is 4.89. The lowest BCUT2D eigenvalue weighted by Gasteiger charge is -2.37. The van der Waals surface area contributed by atoms with E-state index in [1.165, 1.54) is 12.8 Å². The number of nitrogens with zero attached hydrogens (tertiary/aromatic N) is 1. The first kappa shape index (κ1) is 12.3. The zero-order valence-electron chi connectivity index (χ0n) is 9.99. The van der Waals surface area contributed by atoms with E-state index in [1.807, 2.05) is 0 Å². The predicted octanol–water partition coefficient (Wildman–Crippen LogP) is -0.0523. The number of nitrogens with one attached hydrogen (secondary N) is 1. The summed E-state index contributed by atoms with van der Waals surface area (Å²) in [4.78, 5) is 2.31. The van der Waals surface area contributed by atoms with Gasteiger partial charge in [0.2, 0.25) is 0 Å². The third kappa shape index (κ3) is 3.42. The average molecular weight is 228 g/mol. The van der Waals surface area contributed by atoms with Crippen molar-refractivity contribution in [2.45, 2.75) is 43.8 Å². The highest BCUT2D eigenvalue weighted by Crippen LogP contribution is 2.30. The summed E-state index contributed by atoms with van der Waals surface area (Å²) in [6.45, 7) is 4.25. The van der Waals surface area contributed by atoms with Crippen LogP contribution >= 0.6 is 0 Å². The summed E-state index contributed by atoms with van der Waals surface area (Å²) in [6.07, 6.45) is 5.17. The number of β-amino-alcohol motifs (C(OH)–C–C–N with tert-alkyl or cyclic N) is 1. The Morgan fingerprint density at radius 3 is 2.44 bits per heavy atom. The second kappa shape index (κ2) is 5.45. The summed E-state index contributed by atoms with van der Waals surface area (Å²) >= 11 is 0. The Kier molecular flexibility index (Phi) is 4.19. The molecule has 16 heavy (non-hydrogen) atoms. The van der Waals surface area contributed by atoms with Gasteiger partial charge in [-0.15, -0.1) is 0 Å². The van der Waals surface area contributed by atoms with Gasteiger partial charge >= 0.3 is 0 Å². The molecule has 0 aromatic carbocycles. The third-order valence-electron chi connectivity index (χ3n) is 3.79. The van der Waals surface area contributed by atoms with Crippen LogP contribution in [0.3, 0.4) is 0 Å². The maximum absolute atomic E-state index is 9.85. The van der Waals surface area contributed by atoms with E-state index in [0.29, 0.717) is 13.1 Å². The molecule has 0 amide bonds. The molecule has 2 aliphatic rings. The van der Waals surface area contributed by atoms with Crippen molar-refractivity contribution in [1.29, 1.82) is 0 Å². The van der Waals surface area contributed by atoms with E-state index in [0.717, 1.165) is 38.9 Å². The molecule has 0 bridgehead atoms. The first-order valence-electron chi connectivity index (χ1n) is 6.51. The van der Waals surface area contributed by atoms with Crippen molar-refractivity contribution in [3.63, 3.8) is 0 Å². The van der Waals surface area contributed by atoms with E-state index >= 15 is 0 Å². The summed E-state index contributed by atoms with van der Waals surface area (Å²) in [5.74, 6) is 0. The molecule has 2 fully saturated rings. The minimum atomic E-state index is -0.479. The molecule has 4 nitrogen and oxygen atoms in total. The monoisotopic (exact) mass is 228 g/mol. The van der Waals surface area contributed by atoms with E-state index in [2.05, 4.69) is 10.2 Å². The molecule has 1 saturated heterocycles. The van der Waals surface area contributed by atoms with E-state index in [-0.39, 0.29) is 6.10 Å². The van der Waals surface area contributed by atoms with Crippen molar-refractivity contribution >= 4 is 0 Å². The van der Waals surface area contributed by atoms with Crippen LogP contribution in [0.1, 0.15) is 32.1 Å². The van der Waals surface area contributed by atoms with Crippen LogP contribution in [0.4, 0.5) is 0 Å². The van der Waals surface area contributed by atoms with Crippen LogP contribution in [-0.4, -0.2) is 59.5 Å². The van der Waals surface area contributed by atoms with Gasteiger partial charge < -0.3 is 20.4 Å². The lowest BCUT2D eigenvalue weighted by molar-refractivity contribution is -0.0331. The van der Waals surface area contributed by atoms with Gasteiger partial charge in [-0.2, -0.15) is 0 Å². The molecule has 1 heterocycles. The molecule has 94 valence electrons. The van der Waals surface area contributed by atoms with Gasteiger partial charge in [0.05, 0.1) is 11.7 Å². The zero-order chi connectivity index (χ0) is 11.4. The zero-order valence-corrected chi connectivity index (χ0v) is 9.99. The molecular weight excluding hydrogens is 204 g/mol. The van der Waals surface area contributed by atoms with Gasteiger partial charge in [0.15, 0.2) is 0 Å². The number of likely N-dealkylation sites (tertiary alicyclic amines) is 1. The molecule has 1 unspecified atom stereocenters. The highest BCUT2D eigenvalue weighted by atomic mass is 16.3. The van der Waals surface area contributed by atoms with Crippen molar-refractivity contribution in [2.24, 2.45) is 0 Å². The molecule has 4 heteroatoms. The molecule has 3 N–H and O–H groups in total. The van der Waals surface area contributed by atoms with Crippen LogP contribution < -0.4 is 5.32 Å². The minimum Gasteiger partial charge on any atom is -0.390 e. The van der Waals surface area contributed by atoms with E-state index in [4.69, 9.17) is 0 Å². The molecule has 1 atom stereocenters. The minimum absolute atomic E-state index is 0.304. The molecular formula is C12H24N2O2. The molecule has 0 radical (unpaired) electrons. The lowest BCUT2D eigenvalue weighted by atomic mass is 9.80. The lowest BCUT2D eigenvalue weighted by Crippen LogP contribution is -2.48. The Labute approximate surface area is 97.6 Å². The van der Waals surface area contributed by atoms with Crippen LogP contribution in [0, 0.1) is 0 Å². The maximum Gasteiger partial charge on any atom is 0.0791 e. The maximum atomic E-state index is 9.85. The third-order valence-corrected chi connectivity index (χ3v) is 3.79. The van der Waals surface area contributed by atoms with Crippen LogP contribution in [0.15, 0.2) is 0 Å². The van der Waals surface area contributed by atoms with Gasteiger partial charge in [0.25, 0.3) is 0 Å². The molecule has 1 aliphatic heterocycles. The molecule has 2 rings (SSSR count). The Hall–Kier alpha value is -0.160. The first-order valence-corrected chi connectivity index (χ1v) is 6.51. The van der Waals surface area contributed by atoms with Gasteiger partial charge in [0.1, 0.15) is 0 Å². The number of aliphatic hydroxyl groups is 2. The fourth-order valence-corrected chi connectivity index (χ4v) is 2.56. The number of hydrogen-bond acceptors (Lipinski definition) is 4. The molecule has 0 aromatic heterocycles. The average Bonchev–Trinajstić information content (AvgIpc) is 2.68. The second-order valence-corrected chi connectivity index (χ2v) is 5.37. The Bertz CT molecular complexity index is 213. The first-order chi connectivity index (χ1) is 7.68. The molecule has 1 saturated carbocycles. The normalized spacial score (nSPS) is 26.6. The summed E-state index contributed by atoms with van der Waals surface area (Å²) in [5.41, 5.74) is -0.479. The van der Waals surface area contributed by atoms with Crippen LogP contribution in [0.2, 0.25) is 0 Å². The van der Waals surface area contributed by atoms with Crippen LogP contribution in [-0.2, 0) is 0 Å². The van der Waals surface area contributed by atoms with Gasteiger partial charge in [-0.3, -0.25) is 0 Å². The van der Waals surface area contributed by atoms with Crippen molar-refractivity contribution in [3.8, 4) is 0 Å². The second-order valence-electron chi connectivity index (χ2n) is 5.37. The fraction of sp³-hybridized carbons (Fsp3) is 1.00. The SMILES string of the molecule is OC(CNCC1(O)CCC1)CN1CCCC1. The Balaban J connectivity index is 1.54. The molecule has 0 aromatic rings. The predicted molar refractivity (Wildman–Crippen MR) is 63.4 cm³/mol. The summed E-state index contributed by atoms with van der Waals surface area (Å²) in [6, 6.07) is 0. The number of rotatable bonds is 6. The Morgan fingerprint density at radius 2 is 1.88 bits per heavy atom. The standard InChI is InChI=1S/C12H24N2O2/c15-11(9-14-6-1-2-7-14)8-13-10-12(16)4-3-5-12/h11,13,15-16H,1-10H2. The topological polar surface area (TPSA) is 55.7 Å². The van der Waals surface area contributed by atoms with Crippen molar-refractivity contribution < 1.29 is 10.2 Å². The highest BCUT2D eigenvalue weighted by Gasteiger charge is 2.33. The fourth-order valence-electron chi connectivity index (χ4n) is 2.56. The largest absolute Gasteiger partial charge is 0.390 e. The summed E-state index contributed by atoms with van der Waals surface area (Å²) < 4.78 is 0. The summed E-state index contributed by atoms with van der Waals surface area (Å²) in [5, 5.41) is 22.8. The van der Waals surface area contributed by atoms with Gasteiger partial charge in [-0.25, -0.2) is 0 Å². The number of hydrogen-bond donors (Lipinski definition) is 3. The quantitative estimate of drug-likeness (QED) is 0.596. The van der Waals surface area contributed by atoms with Gasteiger partial charge in [-0.1, -0.05) is 0 Å². The Morgan fingerprint density at radius 1 is 1.19 bits per heavy atom. The van der Waals surface area contributed by atoms with Crippen LogP contribution in [0.25, 0.3) is 0 Å². The van der Waals surface area contributed by atoms with Crippen LogP contribution in [0.5, 0.6) is 0 Å². The van der Waals surface area contributed by atoms with E-state index < -0.39 is 5.60 Å². The smallest absolute Gasteiger partial charge is 0.0791 e. The van der Waals surface area contributed by atoms with Gasteiger partial charge in [0, 0.05) is 19.6 Å². The van der Waals surface area contributed by atoms with Crippen molar-refractivity contribution in [1.82, 2.24) is 10.2 Å².